The van der Waals surface area contributed by atoms with Gasteiger partial charge in [-0.25, -0.2) is 0 Å². The van der Waals surface area contributed by atoms with E-state index in [-0.39, 0.29) is 6.10 Å². The molecule has 0 bridgehead atoms. The predicted molar refractivity (Wildman–Crippen MR) is 76.7 cm³/mol. The number of aliphatic hydroxyl groups is 1. The molecule has 104 valence electrons. The first-order valence-corrected chi connectivity index (χ1v) is 6.62. The van der Waals surface area contributed by atoms with Crippen molar-refractivity contribution in [2.45, 2.75) is 25.6 Å². The molecule has 1 heterocycles. The minimum absolute atomic E-state index is 0.173. The Balaban J connectivity index is 1.99. The van der Waals surface area contributed by atoms with Gasteiger partial charge in [-0.05, 0) is 17.5 Å². The Kier molecular flexibility index (Phi) is 4.76. The van der Waals surface area contributed by atoms with Gasteiger partial charge in [0.15, 0.2) is 5.96 Å². The summed E-state index contributed by atoms with van der Waals surface area (Å²) < 4.78 is 0. The normalized spacial score (nSPS) is 20.7. The van der Waals surface area contributed by atoms with Crippen LogP contribution in [0.5, 0.6) is 0 Å². The van der Waals surface area contributed by atoms with Crippen molar-refractivity contribution in [2.75, 3.05) is 20.1 Å². The molecule has 1 saturated heterocycles. The third-order valence-corrected chi connectivity index (χ3v) is 3.46. The van der Waals surface area contributed by atoms with Gasteiger partial charge in [0.1, 0.15) is 0 Å². The molecule has 4 N–H and O–H groups in total. The average Bonchev–Trinajstić information content (AvgIpc) is 2.83. The molecule has 2 rings (SSSR count). The Labute approximate surface area is 114 Å². The quantitative estimate of drug-likeness (QED) is 0.538. The first-order valence-electron chi connectivity index (χ1n) is 6.62. The van der Waals surface area contributed by atoms with Gasteiger partial charge < -0.3 is 16.2 Å². The van der Waals surface area contributed by atoms with E-state index in [4.69, 9.17) is 5.73 Å². The largest absolute Gasteiger partial charge is 0.392 e. The van der Waals surface area contributed by atoms with Crippen LogP contribution in [0.2, 0.25) is 0 Å². The van der Waals surface area contributed by atoms with E-state index in [1.54, 1.807) is 7.05 Å². The summed E-state index contributed by atoms with van der Waals surface area (Å²) in [5.74, 6) is 0.450. The third kappa shape index (κ3) is 3.94. The molecule has 0 saturated carbocycles. The van der Waals surface area contributed by atoms with Crippen LogP contribution in [-0.2, 0) is 13.1 Å². The third-order valence-electron chi connectivity index (χ3n) is 3.46. The highest BCUT2D eigenvalue weighted by Crippen LogP contribution is 2.16. The Hall–Kier alpha value is -1.59. The summed E-state index contributed by atoms with van der Waals surface area (Å²) in [6.45, 7) is 3.27. The standard InChI is InChI=1S/C14H22N4O/c1-16-14(15)17-8-11-4-2-3-5-12(11)9-18-7-6-13(19)10-18/h2-5,13,19H,6-10H2,1H3,(H3,15,16,17). The van der Waals surface area contributed by atoms with Gasteiger partial charge in [-0.3, -0.25) is 9.89 Å². The maximum absolute atomic E-state index is 9.57. The summed E-state index contributed by atoms with van der Waals surface area (Å²) in [6, 6.07) is 8.29. The zero-order chi connectivity index (χ0) is 13.7. The summed E-state index contributed by atoms with van der Waals surface area (Å²) in [5.41, 5.74) is 8.14. The van der Waals surface area contributed by atoms with Crippen LogP contribution in [0.1, 0.15) is 17.5 Å². The smallest absolute Gasteiger partial charge is 0.188 e. The summed E-state index contributed by atoms with van der Waals surface area (Å²) >= 11 is 0. The van der Waals surface area contributed by atoms with E-state index < -0.39 is 0 Å². The van der Waals surface area contributed by atoms with Gasteiger partial charge in [-0.2, -0.15) is 0 Å². The van der Waals surface area contributed by atoms with Crippen LogP contribution in [0.15, 0.2) is 29.3 Å². The highest BCUT2D eigenvalue weighted by atomic mass is 16.3. The van der Waals surface area contributed by atoms with Crippen molar-refractivity contribution in [2.24, 2.45) is 10.7 Å². The van der Waals surface area contributed by atoms with Gasteiger partial charge in [0.2, 0.25) is 0 Å². The number of hydrogen-bond donors (Lipinski definition) is 3. The number of nitrogens with two attached hydrogens (primary N) is 1. The van der Waals surface area contributed by atoms with E-state index in [0.717, 1.165) is 26.1 Å². The second-order valence-electron chi connectivity index (χ2n) is 4.91. The van der Waals surface area contributed by atoms with Crippen LogP contribution in [0.4, 0.5) is 0 Å². The number of guanidine groups is 1. The Morgan fingerprint density at radius 2 is 2.21 bits per heavy atom. The van der Waals surface area contributed by atoms with Crippen molar-refractivity contribution < 1.29 is 5.11 Å². The number of nitrogens with one attached hydrogen (secondary N) is 1. The number of aliphatic imine (C=N–C) groups is 1. The minimum Gasteiger partial charge on any atom is -0.392 e. The van der Waals surface area contributed by atoms with Crippen molar-refractivity contribution in [1.82, 2.24) is 10.2 Å². The molecular weight excluding hydrogens is 240 g/mol. The number of rotatable bonds is 4. The van der Waals surface area contributed by atoms with Crippen molar-refractivity contribution in [1.29, 1.82) is 0 Å². The summed E-state index contributed by atoms with van der Waals surface area (Å²) in [4.78, 5) is 6.16. The van der Waals surface area contributed by atoms with Crippen molar-refractivity contribution >= 4 is 5.96 Å². The molecule has 0 spiro atoms. The van der Waals surface area contributed by atoms with E-state index in [2.05, 4.69) is 27.3 Å². The lowest BCUT2D eigenvalue weighted by Gasteiger charge is -2.18. The fourth-order valence-electron chi connectivity index (χ4n) is 2.35. The minimum atomic E-state index is -0.173. The van der Waals surface area contributed by atoms with Gasteiger partial charge in [-0.1, -0.05) is 24.3 Å². The van der Waals surface area contributed by atoms with E-state index >= 15 is 0 Å². The highest BCUT2D eigenvalue weighted by molar-refractivity contribution is 5.77. The molecule has 1 unspecified atom stereocenters. The van der Waals surface area contributed by atoms with E-state index in [1.165, 1.54) is 11.1 Å². The molecule has 0 amide bonds. The number of nitrogens with zero attached hydrogens (tertiary/aromatic N) is 2. The number of aliphatic hydroxyl groups excluding tert-OH is 1. The molecule has 0 aliphatic carbocycles. The molecule has 1 aliphatic rings. The van der Waals surface area contributed by atoms with E-state index in [0.29, 0.717) is 12.5 Å². The zero-order valence-corrected chi connectivity index (χ0v) is 11.3. The maximum Gasteiger partial charge on any atom is 0.188 e. The molecular formula is C14H22N4O. The molecule has 5 heteroatoms. The maximum atomic E-state index is 9.57. The second kappa shape index (κ2) is 6.54. The number of hydrogen-bond acceptors (Lipinski definition) is 3. The molecule has 0 aromatic heterocycles. The van der Waals surface area contributed by atoms with Gasteiger partial charge in [-0.15, -0.1) is 0 Å². The van der Waals surface area contributed by atoms with Gasteiger partial charge >= 0.3 is 0 Å². The van der Waals surface area contributed by atoms with Crippen LogP contribution in [0.3, 0.4) is 0 Å². The van der Waals surface area contributed by atoms with Crippen molar-refractivity contribution in [3.63, 3.8) is 0 Å². The van der Waals surface area contributed by atoms with Gasteiger partial charge in [0.05, 0.1) is 6.10 Å². The molecule has 19 heavy (non-hydrogen) atoms. The zero-order valence-electron chi connectivity index (χ0n) is 11.3. The molecule has 1 aliphatic heterocycles. The predicted octanol–water partition coefficient (Wildman–Crippen LogP) is 0.287. The molecule has 1 atom stereocenters. The summed E-state index contributed by atoms with van der Waals surface area (Å²) in [6.07, 6.45) is 0.698. The SMILES string of the molecule is CN=C(N)NCc1ccccc1CN1CCC(O)C1. The lowest BCUT2D eigenvalue weighted by molar-refractivity contribution is 0.174. The first-order chi connectivity index (χ1) is 9.19. The lowest BCUT2D eigenvalue weighted by atomic mass is 10.1. The van der Waals surface area contributed by atoms with Gasteiger partial charge in [0, 0.05) is 33.2 Å². The topological polar surface area (TPSA) is 73.9 Å². The van der Waals surface area contributed by atoms with Crippen LogP contribution in [-0.4, -0.2) is 42.2 Å². The number of likely N-dealkylation sites (tertiary alicyclic amines) is 1. The number of β-amino-alcohol motifs (C(OH)–C–C–N with tert-alkyl or cyclic N) is 1. The van der Waals surface area contributed by atoms with Gasteiger partial charge in [0.25, 0.3) is 0 Å². The van der Waals surface area contributed by atoms with Crippen LogP contribution >= 0.6 is 0 Å². The average molecular weight is 262 g/mol. The molecule has 1 fully saturated rings. The van der Waals surface area contributed by atoms with Crippen molar-refractivity contribution in [3.8, 4) is 0 Å². The Bertz CT molecular complexity index is 447. The Morgan fingerprint density at radius 1 is 1.47 bits per heavy atom. The second-order valence-corrected chi connectivity index (χ2v) is 4.91. The van der Waals surface area contributed by atoms with E-state index in [9.17, 15) is 5.11 Å². The Morgan fingerprint density at radius 3 is 2.84 bits per heavy atom. The van der Waals surface area contributed by atoms with Crippen LogP contribution < -0.4 is 11.1 Å². The lowest BCUT2D eigenvalue weighted by Crippen LogP contribution is -2.31. The fourth-order valence-corrected chi connectivity index (χ4v) is 2.35. The molecule has 0 radical (unpaired) electrons. The highest BCUT2D eigenvalue weighted by Gasteiger charge is 2.20. The first kappa shape index (κ1) is 13.8. The monoisotopic (exact) mass is 262 g/mol. The van der Waals surface area contributed by atoms with Crippen LogP contribution in [0.25, 0.3) is 0 Å². The van der Waals surface area contributed by atoms with Crippen molar-refractivity contribution in [3.05, 3.63) is 35.4 Å². The molecule has 1 aromatic rings. The van der Waals surface area contributed by atoms with Crippen LogP contribution in [0, 0.1) is 0 Å². The van der Waals surface area contributed by atoms with E-state index in [1.807, 2.05) is 12.1 Å². The molecule has 1 aromatic carbocycles. The fraction of sp³-hybridized carbons (Fsp3) is 0.500. The number of benzene rings is 1. The summed E-state index contributed by atoms with van der Waals surface area (Å²) in [5, 5.41) is 12.7. The summed E-state index contributed by atoms with van der Waals surface area (Å²) in [7, 11) is 1.67. The molecule has 5 nitrogen and oxygen atoms in total.